The van der Waals surface area contributed by atoms with E-state index in [0.717, 1.165) is 24.4 Å². The Morgan fingerprint density at radius 2 is 2.29 bits per heavy atom. The fourth-order valence-corrected chi connectivity index (χ4v) is 3.66. The van der Waals surface area contributed by atoms with E-state index in [0.29, 0.717) is 6.04 Å². The van der Waals surface area contributed by atoms with Crippen LogP contribution in [0.25, 0.3) is 0 Å². The molecule has 17 heavy (non-hydrogen) atoms. The zero-order valence-corrected chi connectivity index (χ0v) is 10.9. The van der Waals surface area contributed by atoms with Gasteiger partial charge in [-0.05, 0) is 44.9 Å². The van der Waals surface area contributed by atoms with Gasteiger partial charge in [-0.15, -0.1) is 0 Å². The molecule has 0 amide bonds. The van der Waals surface area contributed by atoms with Crippen molar-refractivity contribution in [1.29, 1.82) is 0 Å². The van der Waals surface area contributed by atoms with Crippen LogP contribution in [-0.2, 0) is 6.54 Å². The van der Waals surface area contributed by atoms with Gasteiger partial charge in [0.05, 0.1) is 12.0 Å². The van der Waals surface area contributed by atoms with Crippen molar-refractivity contribution in [3.05, 3.63) is 18.2 Å². The van der Waals surface area contributed by atoms with Gasteiger partial charge in [0.2, 0.25) is 0 Å². The fourth-order valence-electron chi connectivity index (χ4n) is 3.66. The Morgan fingerprint density at radius 3 is 2.94 bits per heavy atom. The van der Waals surface area contributed by atoms with Gasteiger partial charge in [-0.1, -0.05) is 6.42 Å². The van der Waals surface area contributed by atoms with Gasteiger partial charge in [0, 0.05) is 24.8 Å². The number of nitrogens with zero attached hydrogens (tertiary/aromatic N) is 2. The summed E-state index contributed by atoms with van der Waals surface area (Å²) >= 11 is 0. The predicted octanol–water partition coefficient (Wildman–Crippen LogP) is 2.74. The first kappa shape index (κ1) is 11.3. The lowest BCUT2D eigenvalue weighted by atomic mass is 9.95. The number of aromatic nitrogens is 2. The minimum atomic E-state index is 0.509. The molecule has 3 unspecified atom stereocenters. The van der Waals surface area contributed by atoms with E-state index in [-0.39, 0.29) is 0 Å². The molecule has 0 aliphatic heterocycles. The van der Waals surface area contributed by atoms with Crippen molar-refractivity contribution in [2.45, 2.75) is 58.2 Å². The Balaban J connectivity index is 1.59. The molecule has 2 aliphatic carbocycles. The van der Waals surface area contributed by atoms with E-state index < -0.39 is 0 Å². The predicted molar refractivity (Wildman–Crippen MR) is 68.7 cm³/mol. The number of fused-ring (bicyclic) bond motifs is 2. The maximum absolute atomic E-state index is 4.26. The van der Waals surface area contributed by atoms with E-state index in [2.05, 4.69) is 28.7 Å². The first-order chi connectivity index (χ1) is 8.24. The summed E-state index contributed by atoms with van der Waals surface area (Å²) in [6.07, 6.45) is 9.75. The first-order valence-corrected chi connectivity index (χ1v) is 6.98. The molecule has 94 valence electrons. The van der Waals surface area contributed by atoms with E-state index in [4.69, 9.17) is 0 Å². The molecule has 3 atom stereocenters. The maximum Gasteiger partial charge on any atom is 0.0951 e. The largest absolute Gasteiger partial charge is 0.331 e. The third-order valence-corrected chi connectivity index (χ3v) is 4.59. The highest BCUT2D eigenvalue weighted by Crippen LogP contribution is 2.44. The Morgan fingerprint density at radius 1 is 1.41 bits per heavy atom. The van der Waals surface area contributed by atoms with E-state index >= 15 is 0 Å². The quantitative estimate of drug-likeness (QED) is 0.866. The van der Waals surface area contributed by atoms with Crippen LogP contribution in [-0.4, -0.2) is 15.6 Å². The Labute approximate surface area is 104 Å². The second-order valence-corrected chi connectivity index (χ2v) is 6.05. The third kappa shape index (κ3) is 2.13. The van der Waals surface area contributed by atoms with Crippen LogP contribution in [0, 0.1) is 11.8 Å². The second-order valence-electron chi connectivity index (χ2n) is 6.05. The summed E-state index contributed by atoms with van der Waals surface area (Å²) in [5.41, 5.74) is 1.32. The molecular formula is C14H23N3. The van der Waals surface area contributed by atoms with Gasteiger partial charge in [-0.2, -0.15) is 0 Å². The highest BCUT2D eigenvalue weighted by atomic mass is 15.1. The monoisotopic (exact) mass is 233 g/mol. The smallest absolute Gasteiger partial charge is 0.0951 e. The summed E-state index contributed by atoms with van der Waals surface area (Å²) in [5.74, 6) is 1.97. The normalized spacial score (nSPS) is 31.6. The zero-order chi connectivity index (χ0) is 11.8. The minimum Gasteiger partial charge on any atom is -0.331 e. The SMILES string of the molecule is CC(C)n1cncc1CNC1CC2CCC1C2. The third-order valence-electron chi connectivity index (χ3n) is 4.59. The van der Waals surface area contributed by atoms with Crippen molar-refractivity contribution in [2.24, 2.45) is 11.8 Å². The summed E-state index contributed by atoms with van der Waals surface area (Å²) in [5, 5.41) is 3.75. The maximum atomic E-state index is 4.26. The molecule has 3 rings (SSSR count). The van der Waals surface area contributed by atoms with Crippen molar-refractivity contribution < 1.29 is 0 Å². The van der Waals surface area contributed by atoms with Gasteiger partial charge in [-0.3, -0.25) is 0 Å². The van der Waals surface area contributed by atoms with Gasteiger partial charge in [-0.25, -0.2) is 4.98 Å². The molecule has 0 saturated heterocycles. The average Bonchev–Trinajstić information content (AvgIpc) is 3.01. The molecule has 2 saturated carbocycles. The number of nitrogens with one attached hydrogen (secondary N) is 1. The van der Waals surface area contributed by atoms with Crippen molar-refractivity contribution in [3.8, 4) is 0 Å². The second kappa shape index (κ2) is 4.45. The van der Waals surface area contributed by atoms with Gasteiger partial charge >= 0.3 is 0 Å². The molecular weight excluding hydrogens is 210 g/mol. The molecule has 1 heterocycles. The molecule has 0 radical (unpaired) electrons. The lowest BCUT2D eigenvalue weighted by Crippen LogP contribution is -2.34. The van der Waals surface area contributed by atoms with Crippen molar-refractivity contribution in [2.75, 3.05) is 0 Å². The van der Waals surface area contributed by atoms with Gasteiger partial charge in [0.25, 0.3) is 0 Å². The lowest BCUT2D eigenvalue weighted by molar-refractivity contribution is 0.346. The van der Waals surface area contributed by atoms with E-state index in [1.54, 1.807) is 0 Å². The fraction of sp³-hybridized carbons (Fsp3) is 0.786. The molecule has 3 heteroatoms. The van der Waals surface area contributed by atoms with Crippen LogP contribution in [0.5, 0.6) is 0 Å². The van der Waals surface area contributed by atoms with Crippen molar-refractivity contribution >= 4 is 0 Å². The molecule has 1 aromatic heterocycles. The zero-order valence-electron chi connectivity index (χ0n) is 10.9. The van der Waals surface area contributed by atoms with Crippen LogP contribution in [0.1, 0.15) is 51.3 Å². The summed E-state index contributed by atoms with van der Waals surface area (Å²) in [4.78, 5) is 4.26. The topological polar surface area (TPSA) is 29.9 Å². The van der Waals surface area contributed by atoms with E-state index in [1.807, 2.05) is 12.5 Å². The standard InChI is InChI=1S/C14H23N3/c1-10(2)17-9-15-7-13(17)8-16-14-6-11-3-4-12(14)5-11/h7,9-12,14,16H,3-6,8H2,1-2H3. The van der Waals surface area contributed by atoms with Gasteiger partial charge in [0.15, 0.2) is 0 Å². The van der Waals surface area contributed by atoms with Crippen LogP contribution in [0.4, 0.5) is 0 Å². The molecule has 2 aliphatic rings. The summed E-state index contributed by atoms with van der Waals surface area (Å²) < 4.78 is 2.26. The highest BCUT2D eigenvalue weighted by Gasteiger charge is 2.39. The first-order valence-electron chi connectivity index (χ1n) is 6.98. The van der Waals surface area contributed by atoms with Crippen LogP contribution < -0.4 is 5.32 Å². The van der Waals surface area contributed by atoms with Crippen molar-refractivity contribution in [3.63, 3.8) is 0 Å². The van der Waals surface area contributed by atoms with Gasteiger partial charge < -0.3 is 9.88 Å². The molecule has 1 N–H and O–H groups in total. The molecule has 2 fully saturated rings. The Bertz CT molecular complexity index is 383. The highest BCUT2D eigenvalue weighted by molar-refractivity contribution is 5.01. The van der Waals surface area contributed by atoms with Crippen LogP contribution in [0.15, 0.2) is 12.5 Å². The van der Waals surface area contributed by atoms with Crippen LogP contribution in [0.2, 0.25) is 0 Å². The summed E-state index contributed by atoms with van der Waals surface area (Å²) in [6.45, 7) is 5.40. The number of rotatable bonds is 4. The minimum absolute atomic E-state index is 0.509. The average molecular weight is 233 g/mol. The van der Waals surface area contributed by atoms with Crippen LogP contribution >= 0.6 is 0 Å². The summed E-state index contributed by atoms with van der Waals surface area (Å²) in [6, 6.07) is 1.28. The molecule has 0 aromatic carbocycles. The van der Waals surface area contributed by atoms with Crippen LogP contribution in [0.3, 0.4) is 0 Å². The van der Waals surface area contributed by atoms with Crippen molar-refractivity contribution in [1.82, 2.24) is 14.9 Å². The molecule has 3 nitrogen and oxygen atoms in total. The molecule has 0 spiro atoms. The number of hydrogen-bond acceptors (Lipinski definition) is 2. The lowest BCUT2D eigenvalue weighted by Gasteiger charge is -2.23. The van der Waals surface area contributed by atoms with E-state index in [9.17, 15) is 0 Å². The summed E-state index contributed by atoms with van der Waals surface area (Å²) in [7, 11) is 0. The van der Waals surface area contributed by atoms with E-state index in [1.165, 1.54) is 31.4 Å². The van der Waals surface area contributed by atoms with Gasteiger partial charge in [0.1, 0.15) is 0 Å². The molecule has 2 bridgehead atoms. The molecule has 1 aromatic rings. The number of hydrogen-bond donors (Lipinski definition) is 1. The Hall–Kier alpha value is -0.830. The number of imidazole rings is 1. The Kier molecular flexibility index (Phi) is 2.95.